The van der Waals surface area contributed by atoms with Gasteiger partial charge in [-0.25, -0.2) is 14.5 Å². The van der Waals surface area contributed by atoms with Crippen molar-refractivity contribution in [1.82, 2.24) is 29.5 Å². The topological polar surface area (TPSA) is 119 Å². The molecule has 26 heavy (non-hydrogen) atoms. The van der Waals surface area contributed by atoms with Gasteiger partial charge >= 0.3 is 5.97 Å². The predicted molar refractivity (Wildman–Crippen MR) is 93.4 cm³/mol. The fourth-order valence-corrected chi connectivity index (χ4v) is 4.00. The number of nitrogens with one attached hydrogen (secondary N) is 1. The molecule has 0 saturated heterocycles. The molecule has 1 unspecified atom stereocenters. The van der Waals surface area contributed by atoms with E-state index in [0.29, 0.717) is 22.9 Å². The maximum atomic E-state index is 12.7. The first kappa shape index (κ1) is 16.5. The third-order valence-corrected chi connectivity index (χ3v) is 4.99. The lowest BCUT2D eigenvalue weighted by molar-refractivity contribution is 0.0697. The predicted octanol–water partition coefficient (Wildman–Crippen LogP) is 2.00. The average molecular weight is 356 g/mol. The van der Waals surface area contributed by atoms with Gasteiger partial charge in [-0.3, -0.25) is 14.5 Å². The van der Waals surface area contributed by atoms with Crippen LogP contribution in [0.5, 0.6) is 0 Å². The summed E-state index contributed by atoms with van der Waals surface area (Å²) < 4.78 is 3.04. The van der Waals surface area contributed by atoms with Crippen LogP contribution >= 0.6 is 0 Å². The second kappa shape index (κ2) is 6.08. The number of hydrogen-bond donors (Lipinski definition) is 2. The molecule has 1 aliphatic carbocycles. The number of H-pyrrole nitrogens is 1. The van der Waals surface area contributed by atoms with E-state index in [4.69, 9.17) is 5.11 Å². The molecule has 0 amide bonds. The zero-order valence-corrected chi connectivity index (χ0v) is 14.6. The van der Waals surface area contributed by atoms with Crippen molar-refractivity contribution in [2.45, 2.75) is 39.2 Å². The van der Waals surface area contributed by atoms with Gasteiger partial charge in [-0.2, -0.15) is 10.2 Å². The molecule has 1 saturated carbocycles. The van der Waals surface area contributed by atoms with E-state index >= 15 is 0 Å². The lowest BCUT2D eigenvalue weighted by Gasteiger charge is -2.31. The summed E-state index contributed by atoms with van der Waals surface area (Å²) in [6.45, 7) is 4.46. The van der Waals surface area contributed by atoms with Crippen LogP contribution in [0, 0.1) is 11.8 Å². The van der Waals surface area contributed by atoms with E-state index in [1.165, 1.54) is 23.5 Å². The number of rotatable bonds is 3. The first-order chi connectivity index (χ1) is 12.4. The van der Waals surface area contributed by atoms with E-state index in [-0.39, 0.29) is 23.1 Å². The van der Waals surface area contributed by atoms with Gasteiger partial charge in [0.15, 0.2) is 5.52 Å². The van der Waals surface area contributed by atoms with E-state index in [0.717, 1.165) is 12.8 Å². The van der Waals surface area contributed by atoms with E-state index in [1.54, 1.807) is 10.9 Å². The van der Waals surface area contributed by atoms with Gasteiger partial charge in [-0.15, -0.1) is 0 Å². The van der Waals surface area contributed by atoms with Crippen molar-refractivity contribution < 1.29 is 9.90 Å². The lowest BCUT2D eigenvalue weighted by atomic mass is 9.80. The van der Waals surface area contributed by atoms with Crippen LogP contribution in [0.3, 0.4) is 0 Å². The van der Waals surface area contributed by atoms with Crippen LogP contribution in [0.4, 0.5) is 0 Å². The molecule has 9 heteroatoms. The highest BCUT2D eigenvalue weighted by molar-refractivity contribution is 5.87. The summed E-state index contributed by atoms with van der Waals surface area (Å²) in [5.41, 5.74) is 0.641. The maximum Gasteiger partial charge on any atom is 0.338 e. The minimum atomic E-state index is -1.09. The molecule has 3 atom stereocenters. The highest BCUT2D eigenvalue weighted by atomic mass is 16.4. The zero-order chi connectivity index (χ0) is 18.4. The normalized spacial score (nSPS) is 23.4. The molecule has 0 aliphatic heterocycles. The smallest absolute Gasteiger partial charge is 0.338 e. The van der Waals surface area contributed by atoms with Gasteiger partial charge in [0, 0.05) is 6.20 Å². The molecule has 0 radical (unpaired) electrons. The minimum absolute atomic E-state index is 0.0219. The molecule has 2 N–H and O–H groups in total. The number of hydrogen-bond acceptors (Lipinski definition) is 5. The molecule has 0 spiro atoms. The number of carbonyl (C=O) groups is 1. The lowest BCUT2D eigenvalue weighted by Crippen LogP contribution is -2.25. The molecule has 1 fully saturated rings. The summed E-state index contributed by atoms with van der Waals surface area (Å²) in [7, 11) is 0. The van der Waals surface area contributed by atoms with Gasteiger partial charge in [-0.05, 0) is 31.1 Å². The van der Waals surface area contributed by atoms with Crippen LogP contribution in [0.2, 0.25) is 0 Å². The quantitative estimate of drug-likeness (QED) is 0.741. The largest absolute Gasteiger partial charge is 0.478 e. The fourth-order valence-electron chi connectivity index (χ4n) is 4.00. The number of carboxylic acid groups (broad SMARTS) is 1. The van der Waals surface area contributed by atoms with E-state index < -0.39 is 5.97 Å². The fraction of sp³-hybridized carbons (Fsp3) is 0.471. The van der Waals surface area contributed by atoms with E-state index in [2.05, 4.69) is 34.0 Å². The SMILES string of the molecule is C[C@@H]1CC(n2ncc3nc(-n4cc(C(=O)O)cn4)[nH]c(=O)c32)C[C@H](C)C1. The zero-order valence-electron chi connectivity index (χ0n) is 14.6. The van der Waals surface area contributed by atoms with Crippen LogP contribution in [-0.2, 0) is 0 Å². The van der Waals surface area contributed by atoms with E-state index in [1.807, 2.05) is 0 Å². The molecule has 3 aromatic rings. The Kier molecular flexibility index (Phi) is 3.86. The molecule has 3 aromatic heterocycles. The van der Waals surface area contributed by atoms with Crippen LogP contribution in [0.25, 0.3) is 17.0 Å². The van der Waals surface area contributed by atoms with Crippen LogP contribution < -0.4 is 5.56 Å². The van der Waals surface area contributed by atoms with Gasteiger partial charge < -0.3 is 5.11 Å². The highest BCUT2D eigenvalue weighted by Crippen LogP contribution is 2.36. The van der Waals surface area contributed by atoms with Crippen LogP contribution in [0.15, 0.2) is 23.4 Å². The number of carboxylic acids is 1. The third-order valence-electron chi connectivity index (χ3n) is 4.99. The monoisotopic (exact) mass is 356 g/mol. The van der Waals surface area contributed by atoms with Crippen molar-refractivity contribution in [1.29, 1.82) is 0 Å². The number of aromatic carboxylic acids is 1. The Morgan fingerprint density at radius 1 is 1.19 bits per heavy atom. The first-order valence-electron chi connectivity index (χ1n) is 8.68. The number of nitrogens with zero attached hydrogens (tertiary/aromatic N) is 5. The number of fused-ring (bicyclic) bond motifs is 1. The summed E-state index contributed by atoms with van der Waals surface area (Å²) >= 11 is 0. The van der Waals surface area contributed by atoms with Crippen molar-refractivity contribution in [2.24, 2.45) is 11.8 Å². The van der Waals surface area contributed by atoms with Crippen LogP contribution in [-0.4, -0.2) is 40.6 Å². The van der Waals surface area contributed by atoms with Crippen molar-refractivity contribution in [3.63, 3.8) is 0 Å². The highest BCUT2D eigenvalue weighted by Gasteiger charge is 2.27. The van der Waals surface area contributed by atoms with Gasteiger partial charge in [-0.1, -0.05) is 13.8 Å². The van der Waals surface area contributed by atoms with Crippen molar-refractivity contribution in [2.75, 3.05) is 0 Å². The average Bonchev–Trinajstić information content (AvgIpc) is 3.21. The first-order valence-corrected chi connectivity index (χ1v) is 8.68. The van der Waals surface area contributed by atoms with Crippen molar-refractivity contribution in [3.05, 3.63) is 34.5 Å². The molecular formula is C17H20N6O3. The Balaban J connectivity index is 1.75. The summed E-state index contributed by atoms with van der Waals surface area (Å²) in [5, 5.41) is 17.4. The Bertz CT molecular complexity index is 1020. The molecule has 3 heterocycles. The molecule has 0 bridgehead atoms. The van der Waals surface area contributed by atoms with Gasteiger partial charge in [0.25, 0.3) is 5.56 Å². The Morgan fingerprint density at radius 2 is 1.92 bits per heavy atom. The second-order valence-corrected chi connectivity index (χ2v) is 7.26. The number of aromatic nitrogens is 6. The Morgan fingerprint density at radius 3 is 2.58 bits per heavy atom. The summed E-state index contributed by atoms with van der Waals surface area (Å²) in [4.78, 5) is 30.8. The standard InChI is InChI=1S/C17H20N6O3/c1-9-3-10(2)5-12(4-9)23-14-13(7-19-23)20-17(21-15(14)24)22-8-11(6-18-22)16(25)26/h6-10,12H,3-5H2,1-2H3,(H,25,26)(H,20,21,24)/t9-,10+,12?. The Hall–Kier alpha value is -2.97. The summed E-state index contributed by atoms with van der Waals surface area (Å²) in [6, 6.07) is 0.184. The van der Waals surface area contributed by atoms with E-state index in [9.17, 15) is 9.59 Å². The molecule has 1 aliphatic rings. The molecule has 9 nitrogen and oxygen atoms in total. The summed E-state index contributed by atoms with van der Waals surface area (Å²) in [6.07, 6.45) is 7.27. The van der Waals surface area contributed by atoms with Gasteiger partial charge in [0.2, 0.25) is 5.95 Å². The summed E-state index contributed by atoms with van der Waals surface area (Å²) in [5.74, 6) is 0.258. The van der Waals surface area contributed by atoms with Crippen LogP contribution in [0.1, 0.15) is 49.5 Å². The minimum Gasteiger partial charge on any atom is -0.478 e. The third kappa shape index (κ3) is 2.79. The molecule has 0 aromatic carbocycles. The molecular weight excluding hydrogens is 336 g/mol. The Labute approximate surface area is 148 Å². The van der Waals surface area contributed by atoms with Crippen molar-refractivity contribution in [3.8, 4) is 5.95 Å². The van der Waals surface area contributed by atoms with Gasteiger partial charge in [0.1, 0.15) is 5.52 Å². The van der Waals surface area contributed by atoms with Crippen molar-refractivity contribution >= 4 is 17.0 Å². The second-order valence-electron chi connectivity index (χ2n) is 7.26. The maximum absolute atomic E-state index is 12.7. The van der Waals surface area contributed by atoms with Gasteiger partial charge in [0.05, 0.1) is 24.0 Å². The molecule has 4 rings (SSSR count). The molecule has 136 valence electrons. The number of aromatic amines is 1.